The number of aromatic amines is 1. The van der Waals surface area contributed by atoms with Gasteiger partial charge in [-0.3, -0.25) is 4.79 Å². The number of amides is 1. The molecule has 1 N–H and O–H groups in total. The quantitative estimate of drug-likeness (QED) is 0.526. The van der Waals surface area contributed by atoms with E-state index in [1.54, 1.807) is 22.7 Å². The molecule has 1 fully saturated rings. The van der Waals surface area contributed by atoms with Crippen LogP contribution in [0.2, 0.25) is 0 Å². The predicted octanol–water partition coefficient (Wildman–Crippen LogP) is 3.65. The highest BCUT2D eigenvalue weighted by molar-refractivity contribution is 7.14. The molecule has 154 valence electrons. The van der Waals surface area contributed by atoms with Crippen LogP contribution >= 0.6 is 22.7 Å². The molecule has 0 unspecified atom stereocenters. The van der Waals surface area contributed by atoms with Crippen LogP contribution in [-0.2, 0) is 11.2 Å². The highest BCUT2D eigenvalue weighted by Crippen LogP contribution is 2.33. The molecule has 3 aromatic heterocycles. The molecule has 1 aliphatic heterocycles. The summed E-state index contributed by atoms with van der Waals surface area (Å²) < 4.78 is 0. The maximum atomic E-state index is 12.8. The summed E-state index contributed by atoms with van der Waals surface area (Å²) in [5, 5.41) is 2.12. The van der Waals surface area contributed by atoms with Crippen molar-refractivity contribution in [3.8, 4) is 11.5 Å². The number of imidazole rings is 1. The van der Waals surface area contributed by atoms with Gasteiger partial charge in [0.2, 0.25) is 5.91 Å². The van der Waals surface area contributed by atoms with Gasteiger partial charge in [0, 0.05) is 31.1 Å². The van der Waals surface area contributed by atoms with Crippen LogP contribution in [0.15, 0.2) is 29.8 Å². The molecule has 4 aromatic rings. The van der Waals surface area contributed by atoms with Crippen molar-refractivity contribution in [3.05, 3.63) is 45.4 Å². The van der Waals surface area contributed by atoms with Crippen molar-refractivity contribution in [3.63, 3.8) is 0 Å². The summed E-state index contributed by atoms with van der Waals surface area (Å²) in [6.45, 7) is 6.98. The summed E-state index contributed by atoms with van der Waals surface area (Å²) in [5.41, 5.74) is 5.67. The fraction of sp³-hybridized carbons (Fsp3) is 0.333. The largest absolute Gasteiger partial charge is 0.358 e. The fourth-order valence-corrected chi connectivity index (χ4v) is 5.62. The van der Waals surface area contributed by atoms with E-state index in [2.05, 4.69) is 19.9 Å². The molecule has 9 heteroatoms. The Morgan fingerprint density at radius 2 is 1.93 bits per heavy atom. The number of aromatic nitrogens is 4. The SMILES string of the molecule is Cc1nc(C)c(CC(=O)N2CCN(c3scnc3-c3nc4ccccc4[nH]3)CC2)s1. The number of nitrogens with one attached hydrogen (secondary N) is 1. The van der Waals surface area contributed by atoms with Crippen molar-refractivity contribution in [1.82, 2.24) is 24.8 Å². The standard InChI is InChI=1S/C21H22N6OS2/c1-13-17(30-14(2)23-13)11-18(28)26-7-9-27(10-8-26)21-19(22-12-29-21)20-24-15-5-3-4-6-16(15)25-20/h3-6,12H,7-11H2,1-2H3,(H,24,25). The summed E-state index contributed by atoms with van der Waals surface area (Å²) in [6, 6.07) is 8.00. The second kappa shape index (κ2) is 7.81. The third-order valence-corrected chi connectivity index (χ3v) is 7.35. The van der Waals surface area contributed by atoms with Gasteiger partial charge >= 0.3 is 0 Å². The van der Waals surface area contributed by atoms with E-state index in [1.807, 2.05) is 48.5 Å². The Bertz CT molecular complexity index is 1170. The van der Waals surface area contributed by atoms with Gasteiger partial charge < -0.3 is 14.8 Å². The van der Waals surface area contributed by atoms with E-state index in [-0.39, 0.29) is 5.91 Å². The van der Waals surface area contributed by atoms with Crippen molar-refractivity contribution < 1.29 is 4.79 Å². The highest BCUT2D eigenvalue weighted by atomic mass is 32.1. The summed E-state index contributed by atoms with van der Waals surface area (Å²) in [5.74, 6) is 0.977. The van der Waals surface area contributed by atoms with Crippen molar-refractivity contribution in [2.24, 2.45) is 0 Å². The molecule has 0 spiro atoms. The van der Waals surface area contributed by atoms with Gasteiger partial charge in [0.1, 0.15) is 10.7 Å². The number of para-hydroxylation sites is 2. The van der Waals surface area contributed by atoms with Crippen molar-refractivity contribution in [2.75, 3.05) is 31.1 Å². The topological polar surface area (TPSA) is 78.0 Å². The zero-order chi connectivity index (χ0) is 20.7. The van der Waals surface area contributed by atoms with Crippen LogP contribution in [0.4, 0.5) is 5.00 Å². The summed E-state index contributed by atoms with van der Waals surface area (Å²) >= 11 is 3.24. The van der Waals surface area contributed by atoms with Crippen LogP contribution in [-0.4, -0.2) is 56.9 Å². The number of thiazole rings is 2. The minimum absolute atomic E-state index is 0.184. The number of carbonyl (C=O) groups excluding carboxylic acids is 1. The summed E-state index contributed by atoms with van der Waals surface area (Å²) in [6.07, 6.45) is 0.447. The molecule has 0 bridgehead atoms. The summed E-state index contributed by atoms with van der Waals surface area (Å²) in [4.78, 5) is 35.2. The third kappa shape index (κ3) is 3.59. The van der Waals surface area contributed by atoms with Crippen LogP contribution in [0.1, 0.15) is 15.6 Å². The molecule has 0 saturated carbocycles. The number of nitrogens with zero attached hydrogens (tertiary/aromatic N) is 5. The summed E-state index contributed by atoms with van der Waals surface area (Å²) in [7, 11) is 0. The van der Waals surface area contributed by atoms with Crippen LogP contribution in [0.25, 0.3) is 22.6 Å². The molecule has 1 saturated heterocycles. The minimum atomic E-state index is 0.184. The second-order valence-corrected chi connectivity index (χ2v) is 9.52. The molecule has 4 heterocycles. The van der Waals surface area contributed by atoms with Gasteiger partial charge in [-0.15, -0.1) is 22.7 Å². The van der Waals surface area contributed by atoms with E-state index < -0.39 is 0 Å². The molecule has 0 radical (unpaired) electrons. The Labute approximate surface area is 182 Å². The van der Waals surface area contributed by atoms with Crippen molar-refractivity contribution in [1.29, 1.82) is 0 Å². The molecule has 1 aliphatic rings. The van der Waals surface area contributed by atoms with Crippen LogP contribution < -0.4 is 4.90 Å². The van der Waals surface area contributed by atoms with E-state index >= 15 is 0 Å². The average molecular weight is 439 g/mol. The third-order valence-electron chi connectivity index (χ3n) is 5.39. The highest BCUT2D eigenvalue weighted by Gasteiger charge is 2.26. The van der Waals surface area contributed by atoms with Crippen LogP contribution in [0.5, 0.6) is 0 Å². The Kier molecular flexibility index (Phi) is 5.00. The average Bonchev–Trinajstić information content (AvgIpc) is 3.46. The molecule has 5 rings (SSSR count). The molecule has 7 nitrogen and oxygen atoms in total. The number of benzene rings is 1. The van der Waals surface area contributed by atoms with Gasteiger partial charge in [-0.05, 0) is 26.0 Å². The number of aryl methyl sites for hydroxylation is 2. The molecule has 1 aromatic carbocycles. The first kappa shape index (κ1) is 19.2. The van der Waals surface area contributed by atoms with Crippen LogP contribution in [0.3, 0.4) is 0 Å². The first-order chi connectivity index (χ1) is 14.6. The Hall–Kier alpha value is -2.78. The van der Waals surface area contributed by atoms with Crippen LogP contribution in [0, 0.1) is 13.8 Å². The van der Waals surface area contributed by atoms with E-state index in [4.69, 9.17) is 4.98 Å². The van der Waals surface area contributed by atoms with Gasteiger partial charge in [0.25, 0.3) is 0 Å². The lowest BCUT2D eigenvalue weighted by molar-refractivity contribution is -0.130. The maximum absolute atomic E-state index is 12.8. The lowest BCUT2D eigenvalue weighted by Crippen LogP contribution is -2.49. The fourth-order valence-electron chi connectivity index (χ4n) is 3.84. The van der Waals surface area contributed by atoms with E-state index in [1.165, 1.54) is 0 Å². The number of fused-ring (bicyclic) bond motifs is 1. The number of piperazine rings is 1. The van der Waals surface area contributed by atoms with E-state index in [0.29, 0.717) is 19.5 Å². The van der Waals surface area contributed by atoms with Gasteiger partial charge in [-0.1, -0.05) is 12.1 Å². The van der Waals surface area contributed by atoms with E-state index in [0.717, 1.165) is 56.2 Å². The Morgan fingerprint density at radius 3 is 2.67 bits per heavy atom. The molecular weight excluding hydrogens is 416 g/mol. The van der Waals surface area contributed by atoms with Gasteiger partial charge in [0.15, 0.2) is 5.82 Å². The Morgan fingerprint density at radius 1 is 1.13 bits per heavy atom. The van der Waals surface area contributed by atoms with Crippen molar-refractivity contribution >= 4 is 44.6 Å². The van der Waals surface area contributed by atoms with Gasteiger partial charge in [-0.2, -0.15) is 0 Å². The Balaban J connectivity index is 1.28. The number of anilines is 1. The first-order valence-electron chi connectivity index (χ1n) is 9.93. The molecule has 1 amide bonds. The first-order valence-corrected chi connectivity index (χ1v) is 11.6. The molecular formula is C21H22N6OS2. The van der Waals surface area contributed by atoms with Gasteiger partial charge in [0.05, 0.1) is 33.7 Å². The normalized spacial score (nSPS) is 14.6. The number of hydrogen-bond acceptors (Lipinski definition) is 7. The van der Waals surface area contributed by atoms with Gasteiger partial charge in [-0.25, -0.2) is 15.0 Å². The van der Waals surface area contributed by atoms with E-state index in [9.17, 15) is 4.79 Å². The zero-order valence-electron chi connectivity index (χ0n) is 16.9. The molecule has 0 aliphatic carbocycles. The number of hydrogen-bond donors (Lipinski definition) is 1. The monoisotopic (exact) mass is 438 g/mol. The maximum Gasteiger partial charge on any atom is 0.228 e. The van der Waals surface area contributed by atoms with Crippen molar-refractivity contribution in [2.45, 2.75) is 20.3 Å². The number of rotatable bonds is 4. The lowest BCUT2D eigenvalue weighted by Gasteiger charge is -2.35. The molecule has 0 atom stereocenters. The molecule has 30 heavy (non-hydrogen) atoms. The minimum Gasteiger partial charge on any atom is -0.358 e. The lowest BCUT2D eigenvalue weighted by atomic mass is 10.2. The number of H-pyrrole nitrogens is 1. The zero-order valence-corrected chi connectivity index (χ0v) is 18.5. The predicted molar refractivity (Wildman–Crippen MR) is 121 cm³/mol. The number of carbonyl (C=O) groups is 1. The smallest absolute Gasteiger partial charge is 0.228 e. The second-order valence-electron chi connectivity index (χ2n) is 7.39.